The first-order valence-corrected chi connectivity index (χ1v) is 8.08. The molecule has 0 spiro atoms. The van der Waals surface area contributed by atoms with Gasteiger partial charge >= 0.3 is 0 Å². The summed E-state index contributed by atoms with van der Waals surface area (Å²) in [4.78, 5) is 28.4. The van der Waals surface area contributed by atoms with Crippen molar-refractivity contribution in [3.8, 4) is 0 Å². The highest BCUT2D eigenvalue weighted by Gasteiger charge is 2.24. The van der Waals surface area contributed by atoms with Crippen molar-refractivity contribution in [3.05, 3.63) is 53.4 Å². The molecule has 0 atom stereocenters. The van der Waals surface area contributed by atoms with E-state index in [0.717, 1.165) is 18.3 Å². The number of aromatic nitrogens is 3. The molecule has 0 aliphatic carbocycles. The van der Waals surface area contributed by atoms with Gasteiger partial charge in [-0.3, -0.25) is 14.7 Å². The highest BCUT2D eigenvalue weighted by molar-refractivity contribution is 5.92. The molecule has 1 saturated heterocycles. The molecule has 0 unspecified atom stereocenters. The largest absolute Gasteiger partial charge is 0.335 e. The van der Waals surface area contributed by atoms with Crippen LogP contribution in [0.15, 0.2) is 30.5 Å². The van der Waals surface area contributed by atoms with E-state index in [-0.39, 0.29) is 17.4 Å². The second-order valence-corrected chi connectivity index (χ2v) is 5.92. The standard InChI is InChI=1S/C17H19F2N5O/c1-12-21-14(16(18)19)10-15(22-12)17(25)24-8-6-23(7-9-24)11-13-4-2-3-5-20-13/h2-5,10,16H,6-9,11H2,1H3. The Morgan fingerprint density at radius 2 is 1.96 bits per heavy atom. The third-order valence-corrected chi connectivity index (χ3v) is 4.07. The zero-order valence-corrected chi connectivity index (χ0v) is 13.9. The molecule has 25 heavy (non-hydrogen) atoms. The minimum absolute atomic E-state index is 0.0287. The van der Waals surface area contributed by atoms with Gasteiger partial charge in [-0.05, 0) is 25.1 Å². The molecule has 0 radical (unpaired) electrons. The predicted molar refractivity (Wildman–Crippen MR) is 87.1 cm³/mol. The van der Waals surface area contributed by atoms with Crippen LogP contribution in [0.1, 0.15) is 34.1 Å². The second-order valence-electron chi connectivity index (χ2n) is 5.92. The number of nitrogens with zero attached hydrogens (tertiary/aromatic N) is 5. The number of alkyl halides is 2. The van der Waals surface area contributed by atoms with E-state index >= 15 is 0 Å². The molecular formula is C17H19F2N5O. The van der Waals surface area contributed by atoms with Crippen LogP contribution in [0.2, 0.25) is 0 Å². The third-order valence-electron chi connectivity index (χ3n) is 4.07. The lowest BCUT2D eigenvalue weighted by molar-refractivity contribution is 0.0620. The quantitative estimate of drug-likeness (QED) is 0.847. The van der Waals surface area contributed by atoms with Gasteiger partial charge in [0, 0.05) is 38.9 Å². The van der Waals surface area contributed by atoms with Crippen molar-refractivity contribution in [3.63, 3.8) is 0 Å². The summed E-state index contributed by atoms with van der Waals surface area (Å²) in [6.45, 7) is 4.69. The Bertz CT molecular complexity index is 733. The number of carbonyl (C=O) groups excluding carboxylic acids is 1. The molecule has 2 aromatic rings. The average Bonchev–Trinajstić information content (AvgIpc) is 2.62. The van der Waals surface area contributed by atoms with Gasteiger partial charge in [0.25, 0.3) is 12.3 Å². The van der Waals surface area contributed by atoms with Crippen molar-refractivity contribution in [2.45, 2.75) is 19.9 Å². The summed E-state index contributed by atoms with van der Waals surface area (Å²) in [5.41, 5.74) is 0.598. The van der Waals surface area contributed by atoms with Gasteiger partial charge < -0.3 is 4.90 Å². The van der Waals surface area contributed by atoms with Gasteiger partial charge in [0.2, 0.25) is 0 Å². The summed E-state index contributed by atoms with van der Waals surface area (Å²) >= 11 is 0. The van der Waals surface area contributed by atoms with E-state index in [1.165, 1.54) is 6.92 Å². The molecule has 8 heteroatoms. The van der Waals surface area contributed by atoms with Gasteiger partial charge in [-0.15, -0.1) is 0 Å². The Labute approximate surface area is 144 Å². The normalized spacial score (nSPS) is 15.6. The summed E-state index contributed by atoms with van der Waals surface area (Å²) in [5.74, 6) is -0.153. The minimum atomic E-state index is -2.72. The Kier molecular flexibility index (Phi) is 5.28. The highest BCUT2D eigenvalue weighted by Crippen LogP contribution is 2.18. The number of hydrogen-bond donors (Lipinski definition) is 0. The highest BCUT2D eigenvalue weighted by atomic mass is 19.3. The smallest absolute Gasteiger partial charge is 0.280 e. The predicted octanol–water partition coefficient (Wildman–Crippen LogP) is 2.08. The molecule has 0 N–H and O–H groups in total. The second kappa shape index (κ2) is 7.60. The van der Waals surface area contributed by atoms with E-state index in [1.54, 1.807) is 11.1 Å². The Balaban J connectivity index is 1.62. The molecule has 0 saturated carbocycles. The monoisotopic (exact) mass is 347 g/mol. The summed E-state index contributed by atoms with van der Waals surface area (Å²) in [6, 6.07) is 6.87. The number of amides is 1. The Hall–Kier alpha value is -2.48. The number of rotatable bonds is 4. The number of pyridine rings is 1. The van der Waals surface area contributed by atoms with Gasteiger partial charge in [0.1, 0.15) is 17.2 Å². The SMILES string of the molecule is Cc1nc(C(=O)N2CCN(Cc3ccccn3)CC2)cc(C(F)F)n1. The van der Waals surface area contributed by atoms with Crippen molar-refractivity contribution < 1.29 is 13.6 Å². The molecule has 1 aliphatic rings. The van der Waals surface area contributed by atoms with E-state index in [4.69, 9.17) is 0 Å². The van der Waals surface area contributed by atoms with Crippen LogP contribution in [0.3, 0.4) is 0 Å². The lowest BCUT2D eigenvalue weighted by Crippen LogP contribution is -2.48. The van der Waals surface area contributed by atoms with E-state index in [0.29, 0.717) is 26.2 Å². The number of hydrogen-bond acceptors (Lipinski definition) is 5. The van der Waals surface area contributed by atoms with Crippen LogP contribution in [0, 0.1) is 6.92 Å². The number of halogens is 2. The number of piperazine rings is 1. The van der Waals surface area contributed by atoms with Gasteiger partial charge in [-0.1, -0.05) is 6.07 Å². The molecule has 132 valence electrons. The van der Waals surface area contributed by atoms with E-state index in [9.17, 15) is 13.6 Å². The topological polar surface area (TPSA) is 62.2 Å². The maximum atomic E-state index is 12.9. The molecule has 3 rings (SSSR count). The van der Waals surface area contributed by atoms with Crippen LogP contribution in [0.25, 0.3) is 0 Å². The maximum absolute atomic E-state index is 12.9. The Morgan fingerprint density at radius 3 is 2.60 bits per heavy atom. The summed E-state index contributed by atoms with van der Waals surface area (Å²) in [7, 11) is 0. The molecule has 6 nitrogen and oxygen atoms in total. The van der Waals surface area contributed by atoms with Crippen LogP contribution in [-0.4, -0.2) is 56.8 Å². The van der Waals surface area contributed by atoms with Crippen LogP contribution in [-0.2, 0) is 6.54 Å². The lowest BCUT2D eigenvalue weighted by atomic mass is 10.2. The number of carbonyl (C=O) groups is 1. The summed E-state index contributed by atoms with van der Waals surface area (Å²) < 4.78 is 25.7. The molecular weight excluding hydrogens is 328 g/mol. The average molecular weight is 347 g/mol. The van der Waals surface area contributed by atoms with Crippen molar-refractivity contribution in [2.24, 2.45) is 0 Å². The molecule has 1 aliphatic heterocycles. The van der Waals surface area contributed by atoms with E-state index in [2.05, 4.69) is 19.9 Å². The summed E-state index contributed by atoms with van der Waals surface area (Å²) in [5, 5.41) is 0. The van der Waals surface area contributed by atoms with Crippen molar-refractivity contribution in [2.75, 3.05) is 26.2 Å². The third kappa shape index (κ3) is 4.33. The van der Waals surface area contributed by atoms with Gasteiger partial charge in [0.05, 0.1) is 5.69 Å². The van der Waals surface area contributed by atoms with E-state index in [1.807, 2.05) is 18.2 Å². The van der Waals surface area contributed by atoms with Crippen molar-refractivity contribution in [1.82, 2.24) is 24.8 Å². The number of aryl methyl sites for hydroxylation is 1. The fraction of sp³-hybridized carbons (Fsp3) is 0.412. The Morgan fingerprint density at radius 1 is 1.20 bits per heavy atom. The van der Waals surface area contributed by atoms with Gasteiger partial charge in [-0.2, -0.15) is 0 Å². The fourth-order valence-electron chi connectivity index (χ4n) is 2.80. The maximum Gasteiger partial charge on any atom is 0.280 e. The first-order chi connectivity index (χ1) is 12.0. The molecule has 1 amide bonds. The van der Waals surface area contributed by atoms with Gasteiger partial charge in [-0.25, -0.2) is 18.7 Å². The van der Waals surface area contributed by atoms with Crippen molar-refractivity contribution >= 4 is 5.91 Å². The van der Waals surface area contributed by atoms with Crippen molar-refractivity contribution in [1.29, 1.82) is 0 Å². The molecule has 2 aromatic heterocycles. The van der Waals surface area contributed by atoms with E-state index < -0.39 is 12.1 Å². The first kappa shape index (κ1) is 17.3. The summed E-state index contributed by atoms with van der Waals surface area (Å²) in [6.07, 6.45) is -0.962. The van der Waals surface area contributed by atoms with Crippen LogP contribution in [0.5, 0.6) is 0 Å². The van der Waals surface area contributed by atoms with Crippen LogP contribution < -0.4 is 0 Å². The van der Waals surface area contributed by atoms with Crippen LogP contribution >= 0.6 is 0 Å². The molecule has 3 heterocycles. The molecule has 1 fully saturated rings. The minimum Gasteiger partial charge on any atom is -0.335 e. The fourth-order valence-corrected chi connectivity index (χ4v) is 2.80. The molecule has 0 aromatic carbocycles. The first-order valence-electron chi connectivity index (χ1n) is 8.08. The lowest BCUT2D eigenvalue weighted by Gasteiger charge is -2.34. The van der Waals surface area contributed by atoms with Crippen LogP contribution in [0.4, 0.5) is 8.78 Å². The van der Waals surface area contributed by atoms with Gasteiger partial charge in [0.15, 0.2) is 0 Å². The zero-order chi connectivity index (χ0) is 17.8. The zero-order valence-electron chi connectivity index (χ0n) is 13.9. The molecule has 0 bridgehead atoms.